The maximum atomic E-state index is 4.46. The molecule has 138 valence electrons. The fraction of sp³-hybridized carbons (Fsp3) is 0.550. The molecule has 4 heterocycles. The number of nitrogens with zero attached hydrogens (tertiary/aromatic N) is 5. The first-order valence-electron chi connectivity index (χ1n) is 9.84. The fourth-order valence-electron chi connectivity index (χ4n) is 3.94. The van der Waals surface area contributed by atoms with Crippen molar-refractivity contribution in [3.8, 4) is 0 Å². The predicted octanol–water partition coefficient (Wildman–Crippen LogP) is 3.19. The fourth-order valence-corrected chi connectivity index (χ4v) is 3.94. The van der Waals surface area contributed by atoms with E-state index < -0.39 is 0 Å². The number of piperidine rings is 2. The van der Waals surface area contributed by atoms with Crippen molar-refractivity contribution in [3.05, 3.63) is 36.9 Å². The van der Waals surface area contributed by atoms with Gasteiger partial charge in [0.25, 0.3) is 0 Å². The molecule has 0 spiro atoms. The number of nitrogens with one attached hydrogen (secondary N) is 1. The first-order chi connectivity index (χ1) is 12.9. The number of anilines is 3. The van der Waals surface area contributed by atoms with E-state index in [2.05, 4.69) is 48.3 Å². The van der Waals surface area contributed by atoms with E-state index in [4.69, 9.17) is 0 Å². The second kappa shape index (κ2) is 8.34. The summed E-state index contributed by atoms with van der Waals surface area (Å²) in [5.74, 6) is 2.72. The maximum absolute atomic E-state index is 4.46. The lowest BCUT2D eigenvalue weighted by Gasteiger charge is -2.33. The van der Waals surface area contributed by atoms with E-state index >= 15 is 0 Å². The first kappa shape index (κ1) is 17.1. The molecule has 0 amide bonds. The molecule has 4 rings (SSSR count). The molecule has 2 aromatic heterocycles. The maximum Gasteiger partial charge on any atom is 0.134 e. The van der Waals surface area contributed by atoms with E-state index in [1.54, 1.807) is 6.33 Å². The van der Waals surface area contributed by atoms with Crippen LogP contribution in [0.3, 0.4) is 0 Å². The van der Waals surface area contributed by atoms with Crippen LogP contribution in [0.2, 0.25) is 0 Å². The third-order valence-corrected chi connectivity index (χ3v) is 5.55. The number of hydrogen-bond donors (Lipinski definition) is 1. The summed E-state index contributed by atoms with van der Waals surface area (Å²) in [6.07, 6.45) is 11.7. The Kier molecular flexibility index (Phi) is 5.47. The monoisotopic (exact) mass is 352 g/mol. The molecule has 0 radical (unpaired) electrons. The molecule has 26 heavy (non-hydrogen) atoms. The van der Waals surface area contributed by atoms with E-state index in [1.807, 2.05) is 12.4 Å². The average molecular weight is 352 g/mol. The minimum absolute atomic E-state index is 0.696. The van der Waals surface area contributed by atoms with Crippen molar-refractivity contribution in [2.24, 2.45) is 5.92 Å². The zero-order valence-corrected chi connectivity index (χ0v) is 15.3. The molecule has 2 fully saturated rings. The second-order valence-corrected chi connectivity index (χ2v) is 7.33. The highest BCUT2D eigenvalue weighted by Gasteiger charge is 2.19. The summed E-state index contributed by atoms with van der Waals surface area (Å²) >= 11 is 0. The molecule has 1 N–H and O–H groups in total. The molecule has 0 aliphatic carbocycles. The van der Waals surface area contributed by atoms with Gasteiger partial charge in [0.1, 0.15) is 18.0 Å². The second-order valence-electron chi connectivity index (χ2n) is 7.33. The lowest BCUT2D eigenvalue weighted by atomic mass is 9.96. The quantitative estimate of drug-likeness (QED) is 0.892. The Morgan fingerprint density at radius 3 is 2.46 bits per heavy atom. The van der Waals surface area contributed by atoms with Gasteiger partial charge in [0.2, 0.25) is 0 Å². The van der Waals surface area contributed by atoms with Crippen LogP contribution in [0.5, 0.6) is 0 Å². The molecule has 0 bridgehead atoms. The van der Waals surface area contributed by atoms with Gasteiger partial charge >= 0.3 is 0 Å². The van der Waals surface area contributed by atoms with Gasteiger partial charge in [0, 0.05) is 56.9 Å². The lowest BCUT2D eigenvalue weighted by molar-refractivity contribution is 0.423. The lowest BCUT2D eigenvalue weighted by Crippen LogP contribution is -2.36. The van der Waals surface area contributed by atoms with Gasteiger partial charge < -0.3 is 15.1 Å². The van der Waals surface area contributed by atoms with E-state index in [9.17, 15) is 0 Å². The standard InChI is InChI=1S/C20H28N6/c1-2-10-26(11-3-1)20-14-19(23-16-24-20)22-15-17-6-12-25(13-7-17)18-4-8-21-9-5-18/h4-5,8-9,14,16-17H,1-3,6-7,10-13,15H2,(H,22,23,24). The summed E-state index contributed by atoms with van der Waals surface area (Å²) in [5.41, 5.74) is 1.29. The largest absolute Gasteiger partial charge is 0.371 e. The summed E-state index contributed by atoms with van der Waals surface area (Å²) in [4.78, 5) is 17.8. The summed E-state index contributed by atoms with van der Waals surface area (Å²) in [5, 5.41) is 3.54. The van der Waals surface area contributed by atoms with Crippen molar-refractivity contribution < 1.29 is 0 Å². The Balaban J connectivity index is 1.27. The smallest absolute Gasteiger partial charge is 0.134 e. The third kappa shape index (κ3) is 4.23. The molecule has 2 saturated heterocycles. The molecule has 6 nitrogen and oxygen atoms in total. The Morgan fingerprint density at radius 1 is 0.923 bits per heavy atom. The molecule has 2 aliphatic heterocycles. The Morgan fingerprint density at radius 2 is 1.69 bits per heavy atom. The zero-order valence-electron chi connectivity index (χ0n) is 15.3. The SMILES string of the molecule is c1cc(N2CCC(CNc3cc(N4CCCCC4)ncn3)CC2)ccn1. The minimum atomic E-state index is 0.696. The van der Waals surface area contributed by atoms with E-state index in [0.29, 0.717) is 5.92 Å². The zero-order chi connectivity index (χ0) is 17.6. The van der Waals surface area contributed by atoms with Crippen LogP contribution in [0.15, 0.2) is 36.9 Å². The van der Waals surface area contributed by atoms with Gasteiger partial charge in [-0.2, -0.15) is 0 Å². The van der Waals surface area contributed by atoms with Crippen molar-refractivity contribution in [1.29, 1.82) is 0 Å². The molecular formula is C20H28N6. The molecule has 6 heteroatoms. The van der Waals surface area contributed by atoms with Crippen LogP contribution in [0.4, 0.5) is 17.3 Å². The van der Waals surface area contributed by atoms with Crippen LogP contribution in [-0.4, -0.2) is 47.7 Å². The number of pyridine rings is 1. The minimum Gasteiger partial charge on any atom is -0.371 e. The van der Waals surface area contributed by atoms with Gasteiger partial charge in [0.05, 0.1) is 0 Å². The Labute approximate surface area is 155 Å². The highest BCUT2D eigenvalue weighted by atomic mass is 15.2. The van der Waals surface area contributed by atoms with Crippen LogP contribution < -0.4 is 15.1 Å². The summed E-state index contributed by atoms with van der Waals surface area (Å²) in [7, 11) is 0. The topological polar surface area (TPSA) is 57.2 Å². The van der Waals surface area contributed by atoms with Gasteiger partial charge in [-0.15, -0.1) is 0 Å². The molecule has 0 aromatic carbocycles. The number of rotatable bonds is 5. The highest BCUT2D eigenvalue weighted by molar-refractivity contribution is 5.49. The molecule has 2 aromatic rings. The van der Waals surface area contributed by atoms with Crippen LogP contribution in [0, 0.1) is 5.92 Å². The summed E-state index contributed by atoms with van der Waals surface area (Å²) in [6, 6.07) is 6.31. The van der Waals surface area contributed by atoms with Gasteiger partial charge in [0.15, 0.2) is 0 Å². The number of aromatic nitrogens is 3. The van der Waals surface area contributed by atoms with Crippen molar-refractivity contribution in [1.82, 2.24) is 15.0 Å². The summed E-state index contributed by atoms with van der Waals surface area (Å²) in [6.45, 7) is 5.44. The highest BCUT2D eigenvalue weighted by Crippen LogP contribution is 2.24. The van der Waals surface area contributed by atoms with Gasteiger partial charge in [-0.05, 0) is 50.2 Å². The van der Waals surface area contributed by atoms with E-state index in [0.717, 1.165) is 44.4 Å². The van der Waals surface area contributed by atoms with Crippen molar-refractivity contribution in [2.45, 2.75) is 32.1 Å². The normalized spacial score (nSPS) is 18.8. The average Bonchev–Trinajstić information content (AvgIpc) is 2.74. The van der Waals surface area contributed by atoms with Crippen molar-refractivity contribution in [3.63, 3.8) is 0 Å². The molecule has 2 aliphatic rings. The molecule has 0 saturated carbocycles. The van der Waals surface area contributed by atoms with Crippen molar-refractivity contribution in [2.75, 3.05) is 47.8 Å². The van der Waals surface area contributed by atoms with Gasteiger partial charge in [-0.25, -0.2) is 9.97 Å². The predicted molar refractivity (Wildman–Crippen MR) is 106 cm³/mol. The van der Waals surface area contributed by atoms with Gasteiger partial charge in [-0.3, -0.25) is 4.98 Å². The van der Waals surface area contributed by atoms with Crippen molar-refractivity contribution >= 4 is 17.3 Å². The number of hydrogen-bond acceptors (Lipinski definition) is 6. The molecule has 0 atom stereocenters. The summed E-state index contributed by atoms with van der Waals surface area (Å²) < 4.78 is 0. The third-order valence-electron chi connectivity index (χ3n) is 5.55. The molecular weight excluding hydrogens is 324 g/mol. The van der Waals surface area contributed by atoms with Gasteiger partial charge in [-0.1, -0.05) is 0 Å². The van der Waals surface area contributed by atoms with Crippen LogP contribution >= 0.6 is 0 Å². The van der Waals surface area contributed by atoms with Crippen LogP contribution in [0.25, 0.3) is 0 Å². The van der Waals surface area contributed by atoms with E-state index in [-0.39, 0.29) is 0 Å². The van der Waals surface area contributed by atoms with Crippen LogP contribution in [0.1, 0.15) is 32.1 Å². The Bertz CT molecular complexity index is 678. The van der Waals surface area contributed by atoms with Crippen LogP contribution in [-0.2, 0) is 0 Å². The Hall–Kier alpha value is -2.37. The van der Waals surface area contributed by atoms with E-state index in [1.165, 1.54) is 37.8 Å². The first-order valence-corrected chi connectivity index (χ1v) is 9.84. The molecule has 0 unspecified atom stereocenters.